The molecule has 2 heterocycles. The van der Waals surface area contributed by atoms with Crippen molar-refractivity contribution in [3.63, 3.8) is 0 Å². The van der Waals surface area contributed by atoms with E-state index in [2.05, 4.69) is 11.1 Å². The van der Waals surface area contributed by atoms with Gasteiger partial charge in [0.05, 0.1) is 16.0 Å². The second kappa shape index (κ2) is 4.18. The Labute approximate surface area is 105 Å². The summed E-state index contributed by atoms with van der Waals surface area (Å²) in [6, 6.07) is 8.18. The third kappa shape index (κ3) is 1.97. The minimum absolute atomic E-state index is 0.0769. The Bertz CT molecular complexity index is 498. The van der Waals surface area contributed by atoms with Crippen LogP contribution in [0.25, 0.3) is 0 Å². The van der Waals surface area contributed by atoms with E-state index in [4.69, 9.17) is 0 Å². The Kier molecular flexibility index (Phi) is 2.67. The van der Waals surface area contributed by atoms with Gasteiger partial charge in [-0.3, -0.25) is 4.79 Å². The molecule has 1 fully saturated rings. The topological polar surface area (TPSA) is 32.7 Å². The minimum Gasteiger partial charge on any atom is -0.345 e. The molecule has 0 saturated carbocycles. The second-order valence-electron chi connectivity index (χ2n) is 4.47. The van der Waals surface area contributed by atoms with Crippen molar-refractivity contribution in [2.45, 2.75) is 18.1 Å². The van der Waals surface area contributed by atoms with E-state index >= 15 is 0 Å². The maximum atomic E-state index is 11.8. The fourth-order valence-electron chi connectivity index (χ4n) is 2.24. The molecule has 4 heteroatoms. The van der Waals surface area contributed by atoms with Gasteiger partial charge in [0.1, 0.15) is 0 Å². The summed E-state index contributed by atoms with van der Waals surface area (Å²) in [6.45, 7) is 0.872. The Balaban J connectivity index is 1.72. The number of nitrogens with zero attached hydrogens (tertiary/aromatic N) is 2. The van der Waals surface area contributed by atoms with Crippen molar-refractivity contribution in [2.75, 3.05) is 13.6 Å². The lowest BCUT2D eigenvalue weighted by Gasteiger charge is -2.09. The van der Waals surface area contributed by atoms with Gasteiger partial charge in [-0.1, -0.05) is 30.0 Å². The Morgan fingerprint density at radius 2 is 2.24 bits per heavy atom. The molecule has 3 rings (SSSR count). The molecule has 1 atom stereocenters. The van der Waals surface area contributed by atoms with Crippen LogP contribution in [0.5, 0.6) is 0 Å². The van der Waals surface area contributed by atoms with Gasteiger partial charge < -0.3 is 4.90 Å². The van der Waals surface area contributed by atoms with Gasteiger partial charge in [-0.15, -0.1) is 0 Å². The number of fused-ring (bicyclic) bond motifs is 1. The number of rotatable bonds is 1. The summed E-state index contributed by atoms with van der Waals surface area (Å²) in [7, 11) is 1.87. The lowest BCUT2D eigenvalue weighted by Crippen LogP contribution is -2.24. The molecule has 0 spiro atoms. The summed E-state index contributed by atoms with van der Waals surface area (Å²) >= 11 is 1.64. The lowest BCUT2D eigenvalue weighted by molar-refractivity contribution is -0.126. The number of thioether (sulfide) groups is 1. The average Bonchev–Trinajstić information content (AvgIpc) is 2.87. The van der Waals surface area contributed by atoms with Crippen LogP contribution in [0.1, 0.15) is 12.0 Å². The molecular formula is C13H14N2OS. The third-order valence-electron chi connectivity index (χ3n) is 3.24. The molecule has 0 bridgehead atoms. The minimum atomic E-state index is 0.0769. The fraction of sp³-hybridized carbons (Fsp3) is 0.385. The molecule has 17 heavy (non-hydrogen) atoms. The van der Waals surface area contributed by atoms with Gasteiger partial charge in [0.2, 0.25) is 5.91 Å². The highest BCUT2D eigenvalue weighted by Crippen LogP contribution is 2.33. The first-order chi connectivity index (χ1) is 8.24. The smallest absolute Gasteiger partial charge is 0.235 e. The monoisotopic (exact) mass is 246 g/mol. The van der Waals surface area contributed by atoms with Crippen LogP contribution >= 0.6 is 11.8 Å². The number of para-hydroxylation sites is 1. The molecule has 2 aliphatic rings. The van der Waals surface area contributed by atoms with E-state index in [1.165, 1.54) is 5.56 Å². The molecule has 0 aromatic heterocycles. The van der Waals surface area contributed by atoms with Crippen molar-refractivity contribution in [1.82, 2.24) is 4.90 Å². The summed E-state index contributed by atoms with van der Waals surface area (Å²) in [5, 5.41) is 1.16. The fourth-order valence-corrected chi connectivity index (χ4v) is 3.46. The summed E-state index contributed by atoms with van der Waals surface area (Å²) in [6.07, 6.45) is 1.82. The number of benzene rings is 1. The Morgan fingerprint density at radius 3 is 2.94 bits per heavy atom. The number of hydrogen-bond acceptors (Lipinski definition) is 3. The van der Waals surface area contributed by atoms with Gasteiger partial charge in [0.25, 0.3) is 0 Å². The largest absolute Gasteiger partial charge is 0.345 e. The number of amides is 1. The first-order valence-electron chi connectivity index (χ1n) is 5.81. The van der Waals surface area contributed by atoms with Gasteiger partial charge in [0.15, 0.2) is 0 Å². The molecular weight excluding hydrogens is 232 g/mol. The zero-order valence-corrected chi connectivity index (χ0v) is 10.5. The highest BCUT2D eigenvalue weighted by molar-refractivity contribution is 8.15. The van der Waals surface area contributed by atoms with E-state index in [1.54, 1.807) is 16.7 Å². The SMILES string of the molecule is CN1CC[C@@H](SC2=Nc3ccccc3C2)C1=O. The van der Waals surface area contributed by atoms with E-state index in [9.17, 15) is 4.79 Å². The maximum absolute atomic E-state index is 11.8. The molecule has 0 radical (unpaired) electrons. The molecule has 0 aliphatic carbocycles. The van der Waals surface area contributed by atoms with Crippen molar-refractivity contribution in [3.05, 3.63) is 29.8 Å². The third-order valence-corrected chi connectivity index (χ3v) is 4.46. The Hall–Kier alpha value is -1.29. The van der Waals surface area contributed by atoms with Gasteiger partial charge in [-0.05, 0) is 18.1 Å². The molecule has 3 nitrogen and oxygen atoms in total. The van der Waals surface area contributed by atoms with Gasteiger partial charge in [0, 0.05) is 20.0 Å². The molecule has 1 amide bonds. The maximum Gasteiger partial charge on any atom is 0.235 e. The number of aliphatic imine (C=N–C) groups is 1. The van der Waals surface area contributed by atoms with Crippen LogP contribution in [-0.4, -0.2) is 34.7 Å². The molecule has 1 aromatic carbocycles. The average molecular weight is 246 g/mol. The molecule has 0 N–H and O–H groups in total. The quantitative estimate of drug-likeness (QED) is 0.761. The molecule has 0 unspecified atom stereocenters. The van der Waals surface area contributed by atoms with E-state index in [1.807, 2.05) is 25.2 Å². The van der Waals surface area contributed by atoms with E-state index < -0.39 is 0 Å². The van der Waals surface area contributed by atoms with Gasteiger partial charge >= 0.3 is 0 Å². The number of carbonyl (C=O) groups is 1. The van der Waals surface area contributed by atoms with Crippen LogP contribution in [0.4, 0.5) is 5.69 Å². The van der Waals surface area contributed by atoms with Crippen molar-refractivity contribution >= 4 is 28.4 Å². The predicted molar refractivity (Wildman–Crippen MR) is 70.9 cm³/mol. The van der Waals surface area contributed by atoms with Crippen LogP contribution in [0.2, 0.25) is 0 Å². The van der Waals surface area contributed by atoms with E-state index in [0.717, 1.165) is 30.1 Å². The van der Waals surface area contributed by atoms with Crippen LogP contribution in [-0.2, 0) is 11.2 Å². The molecule has 1 aromatic rings. The zero-order valence-electron chi connectivity index (χ0n) is 9.72. The zero-order chi connectivity index (χ0) is 11.8. The lowest BCUT2D eigenvalue weighted by atomic mass is 10.2. The highest BCUT2D eigenvalue weighted by Gasteiger charge is 2.31. The Morgan fingerprint density at radius 1 is 1.41 bits per heavy atom. The van der Waals surface area contributed by atoms with Crippen LogP contribution in [0, 0.1) is 0 Å². The summed E-state index contributed by atoms with van der Waals surface area (Å²) in [5.74, 6) is 0.244. The number of hydrogen-bond donors (Lipinski definition) is 0. The summed E-state index contributed by atoms with van der Waals surface area (Å²) in [5.41, 5.74) is 2.34. The van der Waals surface area contributed by atoms with Crippen molar-refractivity contribution in [2.24, 2.45) is 4.99 Å². The highest BCUT2D eigenvalue weighted by atomic mass is 32.2. The van der Waals surface area contributed by atoms with E-state index in [-0.39, 0.29) is 11.2 Å². The van der Waals surface area contributed by atoms with Gasteiger partial charge in [-0.2, -0.15) is 0 Å². The van der Waals surface area contributed by atoms with Crippen LogP contribution in [0.3, 0.4) is 0 Å². The van der Waals surface area contributed by atoms with Crippen molar-refractivity contribution in [1.29, 1.82) is 0 Å². The van der Waals surface area contributed by atoms with Crippen LogP contribution in [0.15, 0.2) is 29.3 Å². The normalized spacial score (nSPS) is 22.9. The van der Waals surface area contributed by atoms with Crippen LogP contribution < -0.4 is 0 Å². The first-order valence-corrected chi connectivity index (χ1v) is 6.69. The van der Waals surface area contributed by atoms with Crippen molar-refractivity contribution < 1.29 is 4.79 Å². The summed E-state index contributed by atoms with van der Waals surface area (Å²) < 4.78 is 0. The first kappa shape index (κ1) is 10.8. The molecule has 1 saturated heterocycles. The molecule has 88 valence electrons. The van der Waals surface area contributed by atoms with Gasteiger partial charge in [-0.25, -0.2) is 4.99 Å². The number of carbonyl (C=O) groups excluding carboxylic acids is 1. The van der Waals surface area contributed by atoms with E-state index in [0.29, 0.717) is 0 Å². The van der Waals surface area contributed by atoms with Crippen molar-refractivity contribution in [3.8, 4) is 0 Å². The summed E-state index contributed by atoms with van der Waals surface area (Å²) in [4.78, 5) is 18.2. The standard InChI is InChI=1S/C13H14N2OS/c1-15-7-6-11(13(15)16)17-12-8-9-4-2-3-5-10(9)14-12/h2-5,11H,6-8H2,1H3/t11-/m1/s1. The predicted octanol–water partition coefficient (Wildman–Crippen LogP) is 2.24. The second-order valence-corrected chi connectivity index (χ2v) is 5.74. The molecule has 2 aliphatic heterocycles. The number of likely N-dealkylation sites (tertiary alicyclic amines) is 1.